The molecule has 0 saturated carbocycles. The van der Waals surface area contributed by atoms with Gasteiger partial charge >= 0.3 is 0 Å². The molecule has 0 aliphatic carbocycles. The first-order valence-electron chi connectivity index (χ1n) is 10.3. The van der Waals surface area contributed by atoms with Crippen molar-refractivity contribution >= 4 is 12.1 Å². The molecule has 0 radical (unpaired) electrons. The lowest BCUT2D eigenvalue weighted by Gasteiger charge is -2.39. The molecule has 1 atom stereocenters. The average Bonchev–Trinajstić information content (AvgIpc) is 3.18. The quantitative estimate of drug-likeness (QED) is 0.624. The van der Waals surface area contributed by atoms with Crippen molar-refractivity contribution in [2.45, 2.75) is 31.2 Å². The van der Waals surface area contributed by atoms with Gasteiger partial charge in [-0.3, -0.25) is 4.79 Å². The SMILES string of the molecule is C=C(CCCN1CC(c2ccccc2)C1)C(=O)N1N=CCC1c1cc(F)cc(F)c1. The second kappa shape index (κ2) is 8.88. The molecular weight excluding hydrogens is 384 g/mol. The van der Waals surface area contributed by atoms with E-state index in [1.54, 1.807) is 6.21 Å². The number of halogens is 2. The van der Waals surface area contributed by atoms with Crippen molar-refractivity contribution in [3.8, 4) is 0 Å². The maximum atomic E-state index is 13.6. The first-order valence-corrected chi connectivity index (χ1v) is 10.3. The molecule has 2 aliphatic heterocycles. The third-order valence-corrected chi connectivity index (χ3v) is 5.79. The molecule has 1 unspecified atom stereocenters. The monoisotopic (exact) mass is 409 g/mol. The van der Waals surface area contributed by atoms with Crippen molar-refractivity contribution in [3.63, 3.8) is 0 Å². The van der Waals surface area contributed by atoms with Gasteiger partial charge in [-0.15, -0.1) is 0 Å². The maximum absolute atomic E-state index is 13.6. The zero-order valence-corrected chi connectivity index (χ0v) is 16.8. The lowest BCUT2D eigenvalue weighted by molar-refractivity contribution is -0.129. The van der Waals surface area contributed by atoms with Gasteiger partial charge in [-0.1, -0.05) is 36.9 Å². The number of hydrogen-bond acceptors (Lipinski definition) is 3. The van der Waals surface area contributed by atoms with Crippen LogP contribution in [0.3, 0.4) is 0 Å². The van der Waals surface area contributed by atoms with Gasteiger partial charge in [0.25, 0.3) is 5.91 Å². The van der Waals surface area contributed by atoms with Gasteiger partial charge < -0.3 is 4.90 Å². The molecule has 1 fully saturated rings. The standard InChI is InChI=1S/C24H25F2N3O/c1-17(6-5-11-28-15-20(16-28)18-7-3-2-4-8-18)24(30)29-23(9-10-27-29)19-12-21(25)14-22(26)13-19/h2-4,7-8,10,12-14,20,23H,1,5-6,9,11,15-16H2. The molecule has 0 aromatic heterocycles. The predicted molar refractivity (Wildman–Crippen MR) is 113 cm³/mol. The number of nitrogens with zero attached hydrogens (tertiary/aromatic N) is 3. The van der Waals surface area contributed by atoms with Crippen LogP contribution in [0, 0.1) is 11.6 Å². The minimum Gasteiger partial charge on any atom is -0.302 e. The van der Waals surface area contributed by atoms with Gasteiger partial charge in [-0.25, -0.2) is 13.8 Å². The van der Waals surface area contributed by atoms with Crippen LogP contribution in [-0.2, 0) is 4.79 Å². The lowest BCUT2D eigenvalue weighted by atomic mass is 9.91. The Morgan fingerprint density at radius 1 is 1.07 bits per heavy atom. The van der Waals surface area contributed by atoms with Crippen LogP contribution >= 0.6 is 0 Å². The van der Waals surface area contributed by atoms with E-state index in [0.717, 1.165) is 32.1 Å². The van der Waals surface area contributed by atoms with Crippen LogP contribution in [0.25, 0.3) is 0 Å². The second-order valence-corrected chi connectivity index (χ2v) is 7.98. The smallest absolute Gasteiger partial charge is 0.269 e. The van der Waals surface area contributed by atoms with Crippen molar-refractivity contribution in [3.05, 3.63) is 83.4 Å². The van der Waals surface area contributed by atoms with Crippen LogP contribution in [-0.4, -0.2) is 41.7 Å². The van der Waals surface area contributed by atoms with Crippen molar-refractivity contribution < 1.29 is 13.6 Å². The van der Waals surface area contributed by atoms with E-state index in [2.05, 4.69) is 40.8 Å². The molecule has 4 nitrogen and oxygen atoms in total. The molecule has 1 saturated heterocycles. The summed E-state index contributed by atoms with van der Waals surface area (Å²) in [5.74, 6) is -1.02. The van der Waals surface area contributed by atoms with Crippen molar-refractivity contribution in [2.24, 2.45) is 5.10 Å². The molecule has 2 heterocycles. The van der Waals surface area contributed by atoms with E-state index in [9.17, 15) is 13.6 Å². The molecular formula is C24H25F2N3O. The highest BCUT2D eigenvalue weighted by Crippen LogP contribution is 2.31. The Balaban J connectivity index is 1.25. The molecule has 2 aliphatic rings. The molecule has 0 spiro atoms. The lowest BCUT2D eigenvalue weighted by Crippen LogP contribution is -2.45. The van der Waals surface area contributed by atoms with E-state index in [1.165, 1.54) is 22.7 Å². The van der Waals surface area contributed by atoms with E-state index >= 15 is 0 Å². The fourth-order valence-electron chi connectivity index (χ4n) is 4.13. The zero-order chi connectivity index (χ0) is 21.1. The maximum Gasteiger partial charge on any atom is 0.269 e. The zero-order valence-electron chi connectivity index (χ0n) is 16.8. The highest BCUT2D eigenvalue weighted by atomic mass is 19.1. The minimum absolute atomic E-state index is 0.288. The summed E-state index contributed by atoms with van der Waals surface area (Å²) in [6.07, 6.45) is 3.43. The van der Waals surface area contributed by atoms with E-state index in [-0.39, 0.29) is 5.91 Å². The number of hydrogen-bond donors (Lipinski definition) is 0. The van der Waals surface area contributed by atoms with Gasteiger partial charge in [0.2, 0.25) is 0 Å². The third kappa shape index (κ3) is 4.49. The van der Waals surface area contributed by atoms with Gasteiger partial charge in [-0.05, 0) is 42.6 Å². The number of amides is 1. The van der Waals surface area contributed by atoms with E-state index < -0.39 is 17.7 Å². The van der Waals surface area contributed by atoms with E-state index in [4.69, 9.17) is 0 Å². The van der Waals surface area contributed by atoms with Crippen molar-refractivity contribution in [2.75, 3.05) is 19.6 Å². The Hall–Kier alpha value is -2.86. The molecule has 30 heavy (non-hydrogen) atoms. The summed E-state index contributed by atoms with van der Waals surface area (Å²) >= 11 is 0. The number of likely N-dealkylation sites (tertiary alicyclic amines) is 1. The highest BCUT2D eigenvalue weighted by molar-refractivity contribution is 5.94. The Morgan fingerprint density at radius 2 is 1.77 bits per heavy atom. The fourth-order valence-corrected chi connectivity index (χ4v) is 4.13. The van der Waals surface area contributed by atoms with Crippen LogP contribution in [0.4, 0.5) is 8.78 Å². The summed E-state index contributed by atoms with van der Waals surface area (Å²) in [5, 5.41) is 5.43. The number of carbonyl (C=O) groups is 1. The summed E-state index contributed by atoms with van der Waals surface area (Å²) in [6, 6.07) is 13.3. The van der Waals surface area contributed by atoms with Gasteiger partial charge in [-0.2, -0.15) is 5.10 Å². The Morgan fingerprint density at radius 3 is 2.47 bits per heavy atom. The summed E-state index contributed by atoms with van der Waals surface area (Å²) in [5.41, 5.74) is 2.25. The summed E-state index contributed by atoms with van der Waals surface area (Å²) in [7, 11) is 0. The third-order valence-electron chi connectivity index (χ3n) is 5.79. The highest BCUT2D eigenvalue weighted by Gasteiger charge is 2.31. The van der Waals surface area contributed by atoms with E-state index in [1.807, 2.05) is 6.07 Å². The molecule has 156 valence electrons. The van der Waals surface area contributed by atoms with Crippen LogP contribution in [0.2, 0.25) is 0 Å². The van der Waals surface area contributed by atoms with E-state index in [0.29, 0.717) is 29.9 Å². The van der Waals surface area contributed by atoms with Crippen LogP contribution < -0.4 is 0 Å². The number of hydrazone groups is 1. The van der Waals surface area contributed by atoms with Gasteiger partial charge in [0, 0.05) is 43.3 Å². The predicted octanol–water partition coefficient (Wildman–Crippen LogP) is 4.66. The largest absolute Gasteiger partial charge is 0.302 e. The molecule has 0 N–H and O–H groups in total. The first-order chi connectivity index (χ1) is 14.5. The summed E-state index contributed by atoms with van der Waals surface area (Å²) in [6.45, 7) is 6.92. The molecule has 0 bridgehead atoms. The Labute approximate surface area is 175 Å². The summed E-state index contributed by atoms with van der Waals surface area (Å²) < 4.78 is 27.2. The molecule has 6 heteroatoms. The minimum atomic E-state index is -0.661. The first kappa shape index (κ1) is 20.4. The van der Waals surface area contributed by atoms with Crippen LogP contribution in [0.5, 0.6) is 0 Å². The fraction of sp³-hybridized carbons (Fsp3) is 0.333. The van der Waals surface area contributed by atoms with Crippen molar-refractivity contribution in [1.82, 2.24) is 9.91 Å². The average molecular weight is 409 g/mol. The Bertz CT molecular complexity index is 934. The molecule has 2 aromatic carbocycles. The van der Waals surface area contributed by atoms with Gasteiger partial charge in [0.05, 0.1) is 6.04 Å². The molecule has 4 rings (SSSR count). The van der Waals surface area contributed by atoms with Crippen LogP contribution in [0.15, 0.2) is 65.8 Å². The van der Waals surface area contributed by atoms with Crippen molar-refractivity contribution in [1.29, 1.82) is 0 Å². The summed E-state index contributed by atoms with van der Waals surface area (Å²) in [4.78, 5) is 15.2. The molecule has 1 amide bonds. The molecule has 2 aromatic rings. The van der Waals surface area contributed by atoms with Gasteiger partial charge in [0.1, 0.15) is 11.6 Å². The topological polar surface area (TPSA) is 35.9 Å². The second-order valence-electron chi connectivity index (χ2n) is 7.98. The van der Waals surface area contributed by atoms with Crippen LogP contribution in [0.1, 0.15) is 42.3 Å². The Kier molecular flexibility index (Phi) is 6.04. The van der Waals surface area contributed by atoms with Gasteiger partial charge in [0.15, 0.2) is 0 Å². The number of benzene rings is 2. The number of rotatable bonds is 7. The normalized spacial score (nSPS) is 19.1. The number of carbonyl (C=O) groups excluding carboxylic acids is 1.